The van der Waals surface area contributed by atoms with Gasteiger partial charge in [0.2, 0.25) is 12.1 Å². The van der Waals surface area contributed by atoms with Gasteiger partial charge in [0.05, 0.1) is 26.4 Å². The Bertz CT molecular complexity index is 1150. The molecule has 1 saturated heterocycles. The lowest BCUT2D eigenvalue weighted by Gasteiger charge is -2.42. The molecule has 9 nitrogen and oxygen atoms in total. The predicted molar refractivity (Wildman–Crippen MR) is 139 cm³/mol. The molecule has 0 radical (unpaired) electrons. The van der Waals surface area contributed by atoms with Crippen LogP contribution in [0.15, 0.2) is 91.0 Å². The van der Waals surface area contributed by atoms with E-state index in [1.54, 1.807) is 0 Å². The normalized spacial score (nSPS) is 23.0. The van der Waals surface area contributed by atoms with Crippen molar-refractivity contribution in [3.05, 3.63) is 118 Å². The van der Waals surface area contributed by atoms with E-state index in [9.17, 15) is 14.9 Å². The zero-order valence-corrected chi connectivity index (χ0v) is 21.2. The Kier molecular flexibility index (Phi) is 9.94. The molecule has 0 saturated carbocycles. The van der Waals surface area contributed by atoms with Crippen molar-refractivity contribution in [2.45, 2.75) is 57.3 Å². The Labute approximate surface area is 221 Å². The van der Waals surface area contributed by atoms with Gasteiger partial charge in [-0.1, -0.05) is 91.0 Å². The molecule has 3 aromatic carbocycles. The summed E-state index contributed by atoms with van der Waals surface area (Å²) in [5, 5.41) is 14.9. The first-order valence-electron chi connectivity index (χ1n) is 12.5. The Morgan fingerprint density at radius 3 is 1.76 bits per heavy atom. The number of hydrogen-bond acceptors (Lipinski definition) is 7. The van der Waals surface area contributed by atoms with Crippen LogP contribution in [0, 0.1) is 10.1 Å². The third-order valence-electron chi connectivity index (χ3n) is 6.21. The van der Waals surface area contributed by atoms with Gasteiger partial charge in [0.15, 0.2) is 6.10 Å². The van der Waals surface area contributed by atoms with Crippen LogP contribution in [0.5, 0.6) is 0 Å². The van der Waals surface area contributed by atoms with Crippen LogP contribution in [0.3, 0.4) is 0 Å². The summed E-state index contributed by atoms with van der Waals surface area (Å²) in [7, 11) is 0. The van der Waals surface area contributed by atoms with Crippen LogP contribution < -0.4 is 5.32 Å². The number of nitrogens with zero attached hydrogens (tertiary/aromatic N) is 1. The molecule has 1 aliphatic heterocycles. The minimum absolute atomic E-state index is 0.0834. The zero-order valence-electron chi connectivity index (χ0n) is 21.2. The smallest absolute Gasteiger partial charge is 0.285 e. The molecule has 5 atom stereocenters. The van der Waals surface area contributed by atoms with Crippen molar-refractivity contribution in [3.63, 3.8) is 0 Å². The highest BCUT2D eigenvalue weighted by molar-refractivity contribution is 5.73. The number of benzene rings is 3. The van der Waals surface area contributed by atoms with Gasteiger partial charge in [0, 0.05) is 11.8 Å². The van der Waals surface area contributed by atoms with Crippen LogP contribution in [-0.4, -0.2) is 48.0 Å². The Hall–Kier alpha value is -3.63. The minimum atomic E-state index is -1.39. The number of ether oxygens (including phenoxy) is 4. The predicted octanol–water partition coefficient (Wildman–Crippen LogP) is 3.88. The summed E-state index contributed by atoms with van der Waals surface area (Å²) in [5.74, 6) is -0.448. The fraction of sp³-hybridized carbons (Fsp3) is 0.345. The van der Waals surface area contributed by atoms with Crippen molar-refractivity contribution >= 4 is 5.91 Å². The molecule has 1 N–H and O–H groups in total. The van der Waals surface area contributed by atoms with Crippen LogP contribution in [0.4, 0.5) is 0 Å². The lowest BCUT2D eigenvalue weighted by atomic mass is 9.95. The average molecular weight is 521 g/mol. The van der Waals surface area contributed by atoms with Gasteiger partial charge in [-0.25, -0.2) is 0 Å². The molecular weight excluding hydrogens is 488 g/mol. The second kappa shape index (κ2) is 13.8. The second-order valence-corrected chi connectivity index (χ2v) is 9.09. The van der Waals surface area contributed by atoms with E-state index in [-0.39, 0.29) is 19.8 Å². The molecule has 200 valence electrons. The molecule has 0 aliphatic carbocycles. The molecule has 0 aromatic heterocycles. The average Bonchev–Trinajstić information content (AvgIpc) is 2.92. The number of carbonyl (C=O) groups is 1. The number of nitro groups is 1. The third-order valence-corrected chi connectivity index (χ3v) is 6.21. The Balaban J connectivity index is 1.59. The molecule has 1 heterocycles. The van der Waals surface area contributed by atoms with E-state index in [4.69, 9.17) is 18.9 Å². The van der Waals surface area contributed by atoms with Gasteiger partial charge in [-0.2, -0.15) is 0 Å². The molecule has 0 bridgehead atoms. The molecule has 38 heavy (non-hydrogen) atoms. The highest BCUT2D eigenvalue weighted by Crippen LogP contribution is 2.29. The monoisotopic (exact) mass is 520 g/mol. The molecule has 1 fully saturated rings. The third kappa shape index (κ3) is 7.69. The van der Waals surface area contributed by atoms with Crippen LogP contribution >= 0.6 is 0 Å². The quantitative estimate of drug-likeness (QED) is 0.285. The standard InChI is InChI=1S/C29H32N2O7/c1-21(32)30-29-26(31(33)34)28(37-19-24-15-9-4-10-16-24)27(36-18-23-13-7-3-8-14-23)25(38-29)20-35-17-22-11-5-2-6-12-22/h2-16,25-29H,17-20H2,1H3,(H,30,32)/t25-,26+,27+,28-,29+/m1/s1. The fourth-order valence-electron chi connectivity index (χ4n) is 4.40. The van der Waals surface area contributed by atoms with Gasteiger partial charge in [-0.15, -0.1) is 0 Å². The van der Waals surface area contributed by atoms with E-state index >= 15 is 0 Å². The minimum Gasteiger partial charge on any atom is -0.374 e. The van der Waals surface area contributed by atoms with Gasteiger partial charge in [-0.3, -0.25) is 14.9 Å². The molecule has 9 heteroatoms. The Morgan fingerprint density at radius 2 is 1.29 bits per heavy atom. The van der Waals surface area contributed by atoms with Gasteiger partial charge < -0.3 is 24.3 Å². The maximum Gasteiger partial charge on any atom is 0.285 e. The first kappa shape index (κ1) is 27.4. The number of amides is 1. The molecule has 1 aliphatic rings. The van der Waals surface area contributed by atoms with E-state index in [1.165, 1.54) is 6.92 Å². The van der Waals surface area contributed by atoms with Crippen molar-refractivity contribution in [3.8, 4) is 0 Å². The summed E-state index contributed by atoms with van der Waals surface area (Å²) in [6.45, 7) is 2.03. The SMILES string of the molecule is CC(=O)N[C@H]1O[C@H](COCc2ccccc2)[C@H](OCc2ccccc2)[C@H](OCc2ccccc2)[C@@H]1[N+](=O)[O-]. The summed E-state index contributed by atoms with van der Waals surface area (Å²) in [6, 6.07) is 27.2. The summed E-state index contributed by atoms with van der Waals surface area (Å²) in [5.41, 5.74) is 2.74. The van der Waals surface area contributed by atoms with Gasteiger partial charge in [-0.05, 0) is 16.7 Å². The molecule has 0 spiro atoms. The number of carbonyl (C=O) groups excluding carboxylic acids is 1. The zero-order chi connectivity index (χ0) is 26.7. The summed E-state index contributed by atoms with van der Waals surface area (Å²) < 4.78 is 24.5. The van der Waals surface area contributed by atoms with Crippen LogP contribution in [0.25, 0.3) is 0 Å². The summed E-state index contributed by atoms with van der Waals surface area (Å²) in [6.07, 6.45) is -3.82. The van der Waals surface area contributed by atoms with E-state index < -0.39 is 41.4 Å². The molecule has 0 unspecified atom stereocenters. The lowest BCUT2D eigenvalue weighted by Crippen LogP contribution is -2.66. The largest absolute Gasteiger partial charge is 0.374 e. The van der Waals surface area contributed by atoms with Crippen molar-refractivity contribution in [1.29, 1.82) is 0 Å². The number of hydrogen-bond donors (Lipinski definition) is 1. The maximum absolute atomic E-state index is 12.3. The van der Waals surface area contributed by atoms with Gasteiger partial charge >= 0.3 is 0 Å². The van der Waals surface area contributed by atoms with E-state index in [2.05, 4.69) is 5.32 Å². The topological polar surface area (TPSA) is 109 Å². The molecule has 3 aromatic rings. The van der Waals surface area contributed by atoms with E-state index in [1.807, 2.05) is 91.0 Å². The molecule has 4 rings (SSSR count). The van der Waals surface area contributed by atoms with Crippen molar-refractivity contribution in [1.82, 2.24) is 5.32 Å². The van der Waals surface area contributed by atoms with Crippen LogP contribution in [0.2, 0.25) is 0 Å². The number of nitrogens with one attached hydrogen (secondary N) is 1. The van der Waals surface area contributed by atoms with Gasteiger partial charge in [0.25, 0.3) is 6.04 Å². The van der Waals surface area contributed by atoms with Gasteiger partial charge in [0.1, 0.15) is 12.2 Å². The second-order valence-electron chi connectivity index (χ2n) is 9.09. The van der Waals surface area contributed by atoms with E-state index in [0.717, 1.165) is 16.7 Å². The van der Waals surface area contributed by atoms with E-state index in [0.29, 0.717) is 6.61 Å². The van der Waals surface area contributed by atoms with Crippen molar-refractivity contribution in [2.24, 2.45) is 0 Å². The first-order valence-corrected chi connectivity index (χ1v) is 12.5. The molecular formula is C29H32N2O7. The summed E-state index contributed by atoms with van der Waals surface area (Å²) >= 11 is 0. The van der Waals surface area contributed by atoms with Crippen molar-refractivity contribution in [2.75, 3.05) is 6.61 Å². The highest BCUT2D eigenvalue weighted by Gasteiger charge is 2.54. The Morgan fingerprint density at radius 1 is 0.816 bits per heavy atom. The van der Waals surface area contributed by atoms with Crippen molar-refractivity contribution < 1.29 is 28.7 Å². The first-order chi connectivity index (χ1) is 18.5. The summed E-state index contributed by atoms with van der Waals surface area (Å²) in [4.78, 5) is 23.8. The maximum atomic E-state index is 12.3. The lowest BCUT2D eigenvalue weighted by molar-refractivity contribution is -0.562. The highest BCUT2D eigenvalue weighted by atomic mass is 16.7. The van der Waals surface area contributed by atoms with Crippen LogP contribution in [-0.2, 0) is 43.6 Å². The molecule has 1 amide bonds. The fourth-order valence-corrected chi connectivity index (χ4v) is 4.40. The number of rotatable bonds is 12. The van der Waals surface area contributed by atoms with Crippen LogP contribution in [0.1, 0.15) is 23.6 Å².